The van der Waals surface area contributed by atoms with Crippen LogP contribution in [0.4, 0.5) is 0 Å². The van der Waals surface area contributed by atoms with Crippen LogP contribution < -0.4 is 0 Å². The van der Waals surface area contributed by atoms with Crippen LogP contribution >= 0.6 is 0 Å². The Labute approximate surface area is 465 Å². The van der Waals surface area contributed by atoms with Crippen molar-refractivity contribution in [1.29, 1.82) is 0 Å². The van der Waals surface area contributed by atoms with Crippen molar-refractivity contribution in [3.8, 4) is 0 Å². The van der Waals surface area contributed by atoms with Gasteiger partial charge < -0.3 is 39.0 Å². The van der Waals surface area contributed by atoms with E-state index in [4.69, 9.17) is 23.7 Å². The third-order valence-corrected chi connectivity index (χ3v) is 12.8. The fourth-order valence-electron chi connectivity index (χ4n) is 8.27. The lowest BCUT2D eigenvalue weighted by Crippen LogP contribution is -2.61. The molecule has 1 saturated heterocycles. The highest BCUT2D eigenvalue weighted by molar-refractivity contribution is 5.74. The summed E-state index contributed by atoms with van der Waals surface area (Å²) in [7, 11) is 0. The number of carboxylic acid groups (broad SMARTS) is 1. The minimum atomic E-state index is -1.94. The van der Waals surface area contributed by atoms with Crippen molar-refractivity contribution in [3.63, 3.8) is 0 Å². The molecule has 12 heteroatoms. The van der Waals surface area contributed by atoms with Gasteiger partial charge >= 0.3 is 23.9 Å². The average Bonchev–Trinajstić information content (AvgIpc) is 3.42. The van der Waals surface area contributed by atoms with Crippen LogP contribution in [0.2, 0.25) is 0 Å². The molecule has 1 rings (SSSR count). The number of hydrogen-bond donors (Lipinski definition) is 3. The number of esters is 3. The molecule has 3 N–H and O–H groups in total. The normalized spacial score (nSPS) is 18.8. The first-order chi connectivity index (χ1) is 37.6. The van der Waals surface area contributed by atoms with E-state index in [1.807, 2.05) is 12.2 Å². The number of unbranched alkanes of at least 4 members (excludes halogenated alkanes) is 18. The number of allylic oxidation sites excluding steroid dienone is 17. The molecule has 1 fully saturated rings. The summed E-state index contributed by atoms with van der Waals surface area (Å²) in [5, 5.41) is 31.4. The standard InChI is InChI=1S/C65H104O12/c1-4-7-10-13-16-19-22-25-27-28-29-30-32-34-36-39-42-45-48-51-57(66)73-54-56(75-58(67)52-49-46-43-40-37-33-24-21-18-15-12-9-6-3)55-74-65-63(61(70)60(69)62(77-65)64(71)72)76-59(68)53-50-47-44-41-38-35-31-26-23-20-17-14-11-8-5-2/h8,11,16-17,19-21,24-27,29-31,38,41,47,50,56,60-63,65,69-70H,4-7,9-10,12-15,18,22-23,28,32-37,39-40,42-46,48-49,51-55H2,1-3H3,(H,71,72)/b11-8-,19-16-,20-17-,24-21-,27-25-,30-29-,31-26-,41-38-,50-47-. The first kappa shape index (κ1) is 70.4. The van der Waals surface area contributed by atoms with Crippen LogP contribution in [0.5, 0.6) is 0 Å². The minimum Gasteiger partial charge on any atom is -0.479 e. The molecule has 0 aromatic rings. The van der Waals surface area contributed by atoms with Crippen molar-refractivity contribution >= 4 is 23.9 Å². The van der Waals surface area contributed by atoms with Crippen molar-refractivity contribution in [3.05, 3.63) is 109 Å². The van der Waals surface area contributed by atoms with E-state index in [9.17, 15) is 34.5 Å². The number of ether oxygens (including phenoxy) is 5. The van der Waals surface area contributed by atoms with E-state index in [2.05, 4.69) is 106 Å². The Morgan fingerprint density at radius 2 is 0.857 bits per heavy atom. The molecule has 1 aliphatic rings. The van der Waals surface area contributed by atoms with E-state index < -0.39 is 67.3 Å². The smallest absolute Gasteiger partial charge is 0.335 e. The van der Waals surface area contributed by atoms with Gasteiger partial charge in [-0.25, -0.2) is 4.79 Å². The van der Waals surface area contributed by atoms with Gasteiger partial charge in [0.15, 0.2) is 24.6 Å². The Balaban J connectivity index is 2.74. The average molecular weight is 1080 g/mol. The van der Waals surface area contributed by atoms with Crippen LogP contribution in [0.1, 0.15) is 226 Å². The summed E-state index contributed by atoms with van der Waals surface area (Å²) in [4.78, 5) is 51.1. The lowest BCUT2D eigenvalue weighted by Gasteiger charge is -2.40. The second-order valence-corrected chi connectivity index (χ2v) is 19.9. The zero-order chi connectivity index (χ0) is 56.1. The van der Waals surface area contributed by atoms with Gasteiger partial charge in [-0.2, -0.15) is 0 Å². The highest BCUT2D eigenvalue weighted by atomic mass is 16.7. The van der Waals surface area contributed by atoms with Gasteiger partial charge in [-0.1, -0.05) is 207 Å². The van der Waals surface area contributed by atoms with Crippen molar-refractivity contribution in [2.24, 2.45) is 0 Å². The van der Waals surface area contributed by atoms with Crippen LogP contribution in [0.15, 0.2) is 109 Å². The maximum absolute atomic E-state index is 13.1. The van der Waals surface area contributed by atoms with Crippen molar-refractivity contribution in [1.82, 2.24) is 0 Å². The highest BCUT2D eigenvalue weighted by Crippen LogP contribution is 2.26. The van der Waals surface area contributed by atoms with Gasteiger partial charge in [0.1, 0.15) is 18.8 Å². The summed E-state index contributed by atoms with van der Waals surface area (Å²) < 4.78 is 28.3. The molecule has 1 heterocycles. The largest absolute Gasteiger partial charge is 0.479 e. The third kappa shape index (κ3) is 42.1. The van der Waals surface area contributed by atoms with Crippen LogP contribution in [0.3, 0.4) is 0 Å². The SMILES string of the molecule is CC/C=C\C/C=C\C/C=C\C/C=C\C/C=C\CC(=O)OC1C(OCC(COC(=O)CCCCCCCC/C=C\C/C=C\C/C=C\CCCCC)OC(=O)CCCCCCC/C=C\CCCCCC)OC(C(=O)O)C(O)C1O. The van der Waals surface area contributed by atoms with Gasteiger partial charge in [0, 0.05) is 12.8 Å². The Bertz CT molecular complexity index is 1750. The molecular formula is C65H104O12. The number of hydrogen-bond acceptors (Lipinski definition) is 11. The van der Waals surface area contributed by atoms with E-state index >= 15 is 0 Å². The number of aliphatic hydroxyl groups is 2. The third-order valence-electron chi connectivity index (χ3n) is 12.8. The van der Waals surface area contributed by atoms with E-state index in [1.54, 1.807) is 12.2 Å². The molecule has 0 saturated carbocycles. The Morgan fingerprint density at radius 1 is 0.455 bits per heavy atom. The van der Waals surface area contributed by atoms with Crippen LogP contribution in [0.25, 0.3) is 0 Å². The lowest BCUT2D eigenvalue weighted by molar-refractivity contribution is -0.301. The monoisotopic (exact) mass is 1080 g/mol. The fourth-order valence-corrected chi connectivity index (χ4v) is 8.27. The van der Waals surface area contributed by atoms with Crippen molar-refractivity contribution in [2.75, 3.05) is 13.2 Å². The molecule has 0 aliphatic carbocycles. The minimum absolute atomic E-state index is 0.134. The molecule has 0 aromatic heterocycles. The molecule has 0 spiro atoms. The molecule has 1 aliphatic heterocycles. The Hall–Kier alpha value is -4.62. The van der Waals surface area contributed by atoms with Crippen LogP contribution in [-0.2, 0) is 42.9 Å². The summed E-state index contributed by atoms with van der Waals surface area (Å²) >= 11 is 0. The maximum atomic E-state index is 13.1. The molecule has 0 aromatic carbocycles. The zero-order valence-electron chi connectivity index (χ0n) is 47.9. The fraction of sp³-hybridized carbons (Fsp3) is 0.662. The molecule has 0 bridgehead atoms. The number of carboxylic acids is 1. The van der Waals surface area contributed by atoms with E-state index in [1.165, 1.54) is 51.4 Å². The number of carbonyl (C=O) groups is 4. The summed E-state index contributed by atoms with van der Waals surface area (Å²) in [6, 6.07) is 0. The van der Waals surface area contributed by atoms with E-state index in [-0.39, 0.29) is 25.9 Å². The van der Waals surface area contributed by atoms with Gasteiger partial charge in [0.2, 0.25) is 0 Å². The number of carbonyl (C=O) groups excluding carboxylic acids is 3. The Morgan fingerprint density at radius 3 is 1.35 bits per heavy atom. The number of aliphatic hydroxyl groups excluding tert-OH is 2. The molecule has 0 amide bonds. The quantitative estimate of drug-likeness (QED) is 0.0228. The van der Waals surface area contributed by atoms with Crippen LogP contribution in [-0.4, -0.2) is 89.2 Å². The van der Waals surface area contributed by atoms with Gasteiger partial charge in [0.25, 0.3) is 0 Å². The van der Waals surface area contributed by atoms with Gasteiger partial charge in [0.05, 0.1) is 13.0 Å². The molecule has 436 valence electrons. The van der Waals surface area contributed by atoms with Gasteiger partial charge in [-0.15, -0.1) is 0 Å². The summed E-state index contributed by atoms with van der Waals surface area (Å²) in [5.41, 5.74) is 0. The molecule has 12 nitrogen and oxygen atoms in total. The predicted molar refractivity (Wildman–Crippen MR) is 312 cm³/mol. The second-order valence-electron chi connectivity index (χ2n) is 19.9. The first-order valence-electron chi connectivity index (χ1n) is 29.9. The predicted octanol–water partition coefficient (Wildman–Crippen LogP) is 15.4. The number of rotatable bonds is 49. The molecule has 6 unspecified atom stereocenters. The van der Waals surface area contributed by atoms with Gasteiger partial charge in [-0.05, 0) is 109 Å². The van der Waals surface area contributed by atoms with Crippen molar-refractivity contribution < 1.29 is 58.2 Å². The molecule has 6 atom stereocenters. The maximum Gasteiger partial charge on any atom is 0.335 e. The summed E-state index contributed by atoms with van der Waals surface area (Å²) in [6.07, 6.45) is 58.0. The highest BCUT2D eigenvalue weighted by Gasteiger charge is 2.50. The lowest BCUT2D eigenvalue weighted by atomic mass is 9.98. The topological polar surface area (TPSA) is 175 Å². The van der Waals surface area contributed by atoms with Gasteiger partial charge in [-0.3, -0.25) is 14.4 Å². The molecule has 77 heavy (non-hydrogen) atoms. The zero-order valence-corrected chi connectivity index (χ0v) is 47.9. The van der Waals surface area contributed by atoms with Crippen LogP contribution in [0, 0.1) is 0 Å². The van der Waals surface area contributed by atoms with Crippen molar-refractivity contribution in [2.45, 2.75) is 263 Å². The van der Waals surface area contributed by atoms with E-state index in [0.29, 0.717) is 19.3 Å². The summed E-state index contributed by atoms with van der Waals surface area (Å²) in [5.74, 6) is -3.32. The summed E-state index contributed by atoms with van der Waals surface area (Å²) in [6.45, 7) is 5.76. The molecule has 0 radical (unpaired) electrons. The Kier molecular flexibility index (Phi) is 47.6. The second kappa shape index (κ2) is 52.1. The van der Waals surface area contributed by atoms with E-state index in [0.717, 1.165) is 116 Å². The number of aliphatic carboxylic acids is 1. The molecular weight excluding hydrogens is 973 g/mol. The first-order valence-corrected chi connectivity index (χ1v) is 29.9.